The van der Waals surface area contributed by atoms with E-state index in [1.807, 2.05) is 49.4 Å². The number of hydrogen-bond donors (Lipinski definition) is 1. The number of nitrogens with zero attached hydrogens (tertiary/aromatic N) is 1. The highest BCUT2D eigenvalue weighted by molar-refractivity contribution is 5.53. The first-order valence-electron chi connectivity index (χ1n) is 8.21. The lowest BCUT2D eigenvalue weighted by atomic mass is 10.1. The second-order valence-corrected chi connectivity index (χ2v) is 5.96. The molecule has 0 bridgehead atoms. The van der Waals surface area contributed by atoms with Crippen LogP contribution < -0.4 is 10.5 Å². The van der Waals surface area contributed by atoms with Crippen molar-refractivity contribution in [2.75, 3.05) is 6.61 Å². The zero-order chi connectivity index (χ0) is 16.9. The van der Waals surface area contributed by atoms with Gasteiger partial charge in [0.2, 0.25) is 5.89 Å². The fraction of sp³-hybridized carbons (Fsp3) is 0.250. The molecule has 3 N–H and O–H groups in total. The first-order valence-corrected chi connectivity index (χ1v) is 8.21. The van der Waals surface area contributed by atoms with E-state index in [0.717, 1.165) is 29.2 Å². The molecule has 0 aliphatic carbocycles. The van der Waals surface area contributed by atoms with Crippen LogP contribution in [0, 0.1) is 6.92 Å². The molecule has 0 aliphatic heterocycles. The number of quaternary nitrogens is 1. The Balaban J connectivity index is 1.60. The molecule has 1 aromatic heterocycles. The van der Waals surface area contributed by atoms with Gasteiger partial charge in [-0.15, -0.1) is 0 Å². The van der Waals surface area contributed by atoms with Gasteiger partial charge in [-0.3, -0.25) is 0 Å². The van der Waals surface area contributed by atoms with Gasteiger partial charge in [0.1, 0.15) is 17.6 Å². The van der Waals surface area contributed by atoms with Crippen LogP contribution in [0.5, 0.6) is 5.75 Å². The summed E-state index contributed by atoms with van der Waals surface area (Å²) in [6.07, 6.45) is 0.718. The quantitative estimate of drug-likeness (QED) is 0.754. The summed E-state index contributed by atoms with van der Waals surface area (Å²) in [5.41, 5.74) is 7.16. The number of aryl methyl sites for hydroxylation is 1. The molecule has 0 saturated carbocycles. The third-order valence-corrected chi connectivity index (χ3v) is 3.97. The highest BCUT2D eigenvalue weighted by Gasteiger charge is 2.11. The molecule has 1 unspecified atom stereocenters. The van der Waals surface area contributed by atoms with Gasteiger partial charge in [0, 0.05) is 17.5 Å². The van der Waals surface area contributed by atoms with Crippen LogP contribution in [0.2, 0.25) is 0 Å². The summed E-state index contributed by atoms with van der Waals surface area (Å²) in [6, 6.07) is 18.3. The molecule has 0 saturated heterocycles. The van der Waals surface area contributed by atoms with Crippen molar-refractivity contribution in [2.45, 2.75) is 26.3 Å². The van der Waals surface area contributed by atoms with Crippen LogP contribution in [-0.4, -0.2) is 11.6 Å². The molecule has 0 fully saturated rings. The second-order valence-electron chi connectivity index (χ2n) is 5.96. The highest BCUT2D eigenvalue weighted by Crippen LogP contribution is 2.22. The number of ether oxygens (including phenoxy) is 1. The van der Waals surface area contributed by atoms with Crippen LogP contribution in [0.25, 0.3) is 11.5 Å². The predicted octanol–water partition coefficient (Wildman–Crippen LogP) is 3.57. The van der Waals surface area contributed by atoms with Crippen LogP contribution >= 0.6 is 0 Å². The lowest BCUT2D eigenvalue weighted by Gasteiger charge is -2.07. The van der Waals surface area contributed by atoms with E-state index < -0.39 is 0 Å². The Morgan fingerprint density at radius 2 is 1.79 bits per heavy atom. The summed E-state index contributed by atoms with van der Waals surface area (Å²) in [5.74, 6) is 2.37. The van der Waals surface area contributed by atoms with Crippen molar-refractivity contribution in [3.05, 3.63) is 71.6 Å². The SMILES string of the molecule is Cc1oc(-c2ccccc2)nc1CCOc1ccc(C(C)[NH3+])cc1. The Hall–Kier alpha value is -2.59. The molecule has 0 aliphatic rings. The molecule has 1 atom stereocenters. The summed E-state index contributed by atoms with van der Waals surface area (Å²) in [7, 11) is 0. The Morgan fingerprint density at radius 3 is 2.46 bits per heavy atom. The number of benzene rings is 2. The molecule has 3 aromatic rings. The number of hydrogen-bond acceptors (Lipinski definition) is 3. The van der Waals surface area contributed by atoms with Crippen molar-refractivity contribution < 1.29 is 14.9 Å². The summed E-state index contributed by atoms with van der Waals surface area (Å²) in [4.78, 5) is 4.59. The van der Waals surface area contributed by atoms with Crippen molar-refractivity contribution in [1.82, 2.24) is 4.98 Å². The maximum atomic E-state index is 5.81. The van der Waals surface area contributed by atoms with Gasteiger partial charge in [0.15, 0.2) is 0 Å². The number of aromatic nitrogens is 1. The van der Waals surface area contributed by atoms with Crippen molar-refractivity contribution in [3.63, 3.8) is 0 Å². The zero-order valence-corrected chi connectivity index (χ0v) is 14.2. The molecule has 2 aromatic carbocycles. The number of oxazole rings is 1. The summed E-state index contributed by atoms with van der Waals surface area (Å²) < 4.78 is 11.6. The maximum absolute atomic E-state index is 5.81. The van der Waals surface area contributed by atoms with Crippen LogP contribution in [0.4, 0.5) is 0 Å². The van der Waals surface area contributed by atoms with Gasteiger partial charge in [-0.25, -0.2) is 4.98 Å². The fourth-order valence-corrected chi connectivity index (χ4v) is 2.52. The van der Waals surface area contributed by atoms with E-state index in [1.54, 1.807) is 0 Å². The van der Waals surface area contributed by atoms with E-state index in [-0.39, 0.29) is 6.04 Å². The molecular formula is C20H23N2O2+. The summed E-state index contributed by atoms with van der Waals surface area (Å²) in [6.45, 7) is 4.59. The molecule has 3 rings (SSSR count). The van der Waals surface area contributed by atoms with Crippen molar-refractivity contribution in [3.8, 4) is 17.2 Å². The topological polar surface area (TPSA) is 62.9 Å². The smallest absolute Gasteiger partial charge is 0.226 e. The lowest BCUT2D eigenvalue weighted by Crippen LogP contribution is -2.51. The van der Waals surface area contributed by atoms with Crippen LogP contribution in [0.1, 0.15) is 30.0 Å². The number of rotatable bonds is 6. The monoisotopic (exact) mass is 323 g/mol. The fourth-order valence-electron chi connectivity index (χ4n) is 2.52. The van der Waals surface area contributed by atoms with Crippen molar-refractivity contribution in [1.29, 1.82) is 0 Å². The average molecular weight is 323 g/mol. The second kappa shape index (κ2) is 7.32. The maximum Gasteiger partial charge on any atom is 0.226 e. The highest BCUT2D eigenvalue weighted by atomic mass is 16.5. The molecule has 124 valence electrons. The largest absolute Gasteiger partial charge is 0.493 e. The minimum Gasteiger partial charge on any atom is -0.493 e. The van der Waals surface area contributed by atoms with Crippen LogP contribution in [0.3, 0.4) is 0 Å². The molecule has 0 radical (unpaired) electrons. The molecule has 24 heavy (non-hydrogen) atoms. The van der Waals surface area contributed by atoms with Gasteiger partial charge in [-0.05, 0) is 50.2 Å². The minimum atomic E-state index is 0.285. The van der Waals surface area contributed by atoms with Gasteiger partial charge in [0.05, 0.1) is 12.3 Å². The van der Waals surface area contributed by atoms with Gasteiger partial charge in [-0.2, -0.15) is 0 Å². The Kier molecular flexibility index (Phi) is 4.96. The molecule has 0 amide bonds. The van der Waals surface area contributed by atoms with Crippen molar-refractivity contribution >= 4 is 0 Å². The third-order valence-electron chi connectivity index (χ3n) is 3.97. The Bertz CT molecular complexity index is 777. The summed E-state index contributed by atoms with van der Waals surface area (Å²) >= 11 is 0. The predicted molar refractivity (Wildman–Crippen MR) is 93.6 cm³/mol. The van der Waals surface area contributed by atoms with E-state index >= 15 is 0 Å². The Labute approximate surface area is 142 Å². The third kappa shape index (κ3) is 3.84. The van der Waals surface area contributed by atoms with E-state index in [1.165, 1.54) is 5.56 Å². The molecule has 4 heteroatoms. The summed E-state index contributed by atoms with van der Waals surface area (Å²) in [5, 5.41) is 0. The standard InChI is InChI=1S/C20H22N2O2/c1-14(21)16-8-10-18(11-9-16)23-13-12-19-15(2)24-20(22-19)17-6-4-3-5-7-17/h3-11,14H,12-13,21H2,1-2H3/p+1. The van der Waals surface area contributed by atoms with Crippen molar-refractivity contribution in [2.24, 2.45) is 0 Å². The zero-order valence-electron chi connectivity index (χ0n) is 14.2. The molecule has 4 nitrogen and oxygen atoms in total. The van der Waals surface area contributed by atoms with E-state index in [0.29, 0.717) is 12.5 Å². The van der Waals surface area contributed by atoms with Gasteiger partial charge < -0.3 is 14.9 Å². The van der Waals surface area contributed by atoms with E-state index in [9.17, 15) is 0 Å². The minimum absolute atomic E-state index is 0.285. The molecule has 1 heterocycles. The average Bonchev–Trinajstić information content (AvgIpc) is 2.97. The Morgan fingerprint density at radius 1 is 1.08 bits per heavy atom. The van der Waals surface area contributed by atoms with Gasteiger partial charge in [-0.1, -0.05) is 18.2 Å². The normalized spacial score (nSPS) is 12.1. The van der Waals surface area contributed by atoms with Gasteiger partial charge in [0.25, 0.3) is 0 Å². The molecular weight excluding hydrogens is 300 g/mol. The van der Waals surface area contributed by atoms with Crippen LogP contribution in [0.15, 0.2) is 59.0 Å². The molecule has 0 spiro atoms. The van der Waals surface area contributed by atoms with Crippen LogP contribution in [-0.2, 0) is 6.42 Å². The first kappa shape index (κ1) is 16.3. The van der Waals surface area contributed by atoms with E-state index in [4.69, 9.17) is 9.15 Å². The van der Waals surface area contributed by atoms with E-state index in [2.05, 4.69) is 29.8 Å². The van der Waals surface area contributed by atoms with Gasteiger partial charge >= 0.3 is 0 Å². The first-order chi connectivity index (χ1) is 11.6. The lowest BCUT2D eigenvalue weighted by molar-refractivity contribution is -0.420.